The van der Waals surface area contributed by atoms with Crippen LogP contribution in [0.2, 0.25) is 0 Å². The van der Waals surface area contributed by atoms with Gasteiger partial charge in [-0.15, -0.1) is 0 Å². The molecule has 0 radical (unpaired) electrons. The summed E-state index contributed by atoms with van der Waals surface area (Å²) in [7, 11) is 0. The van der Waals surface area contributed by atoms with Gasteiger partial charge in [-0.3, -0.25) is 10.1 Å². The van der Waals surface area contributed by atoms with Crippen molar-refractivity contribution < 1.29 is 9.53 Å². The summed E-state index contributed by atoms with van der Waals surface area (Å²) in [4.78, 5) is 12.5. The van der Waals surface area contributed by atoms with Crippen LogP contribution in [0.1, 0.15) is 36.2 Å². The van der Waals surface area contributed by atoms with Crippen LogP contribution in [-0.4, -0.2) is 17.6 Å². The van der Waals surface area contributed by atoms with E-state index in [1.54, 1.807) is 42.5 Å². The zero-order chi connectivity index (χ0) is 18.9. The van der Waals surface area contributed by atoms with E-state index in [0.29, 0.717) is 35.1 Å². The minimum atomic E-state index is -0.348. The number of carbonyl (C=O) groups excluding carboxylic acids is 1. The van der Waals surface area contributed by atoms with E-state index in [9.17, 15) is 4.79 Å². The van der Waals surface area contributed by atoms with Crippen LogP contribution in [0.5, 0.6) is 5.75 Å². The highest BCUT2D eigenvalue weighted by molar-refractivity contribution is 7.80. The van der Waals surface area contributed by atoms with Crippen molar-refractivity contribution in [3.63, 3.8) is 0 Å². The number of anilines is 1. The first-order valence-corrected chi connectivity index (χ1v) is 8.74. The topological polar surface area (TPSA) is 74.2 Å². The molecule has 0 bridgehead atoms. The van der Waals surface area contributed by atoms with Gasteiger partial charge in [0.05, 0.1) is 23.8 Å². The number of ether oxygens (including phenoxy) is 1. The van der Waals surface area contributed by atoms with Crippen molar-refractivity contribution in [2.24, 2.45) is 5.92 Å². The second-order valence-electron chi connectivity index (χ2n) is 6.13. The van der Waals surface area contributed by atoms with Crippen LogP contribution in [0.25, 0.3) is 0 Å². The molecule has 0 aromatic heterocycles. The molecule has 2 aromatic carbocycles. The first-order valence-electron chi connectivity index (χ1n) is 8.34. The lowest BCUT2D eigenvalue weighted by Crippen LogP contribution is -2.34. The summed E-state index contributed by atoms with van der Waals surface area (Å²) >= 11 is 5.19. The lowest BCUT2D eigenvalue weighted by atomic mass is 10.1. The number of hydrogen-bond donors (Lipinski definition) is 2. The third-order valence-electron chi connectivity index (χ3n) is 3.56. The highest BCUT2D eigenvalue weighted by Crippen LogP contribution is 2.19. The molecule has 2 N–H and O–H groups in total. The van der Waals surface area contributed by atoms with Gasteiger partial charge in [0.25, 0.3) is 5.91 Å². The maximum absolute atomic E-state index is 12.5. The first-order chi connectivity index (χ1) is 12.5. The van der Waals surface area contributed by atoms with E-state index >= 15 is 0 Å². The van der Waals surface area contributed by atoms with Crippen LogP contribution in [0.3, 0.4) is 0 Å². The number of carbonyl (C=O) groups is 1. The van der Waals surface area contributed by atoms with Gasteiger partial charge in [-0.25, -0.2) is 0 Å². The summed E-state index contributed by atoms with van der Waals surface area (Å²) in [6.07, 6.45) is 0.908. The molecule has 0 aliphatic heterocycles. The lowest BCUT2D eigenvalue weighted by Gasteiger charge is -2.13. The molecule has 6 heteroatoms. The number of nitrogens with one attached hydrogen (secondary N) is 2. The van der Waals surface area contributed by atoms with Crippen LogP contribution in [-0.2, 0) is 0 Å². The number of benzene rings is 2. The van der Waals surface area contributed by atoms with Crippen LogP contribution >= 0.6 is 12.2 Å². The molecule has 0 fully saturated rings. The van der Waals surface area contributed by atoms with Crippen LogP contribution in [0.15, 0.2) is 48.5 Å². The standard InChI is InChI=1S/C20H21N3O2S/c1-14(2)10-11-25-18-9-4-3-8-17(18)19(24)23-20(26)22-16-7-5-6-15(12-16)13-21/h3-9,12,14H,10-11H2,1-2H3,(H2,22,23,24,26). The predicted octanol–water partition coefficient (Wildman–Crippen LogP) is 4.11. The molecular weight excluding hydrogens is 346 g/mol. The zero-order valence-corrected chi connectivity index (χ0v) is 15.6. The second kappa shape index (κ2) is 9.54. The fourth-order valence-electron chi connectivity index (χ4n) is 2.18. The Bertz CT molecular complexity index is 828. The van der Waals surface area contributed by atoms with E-state index in [2.05, 4.69) is 30.6 Å². The maximum Gasteiger partial charge on any atom is 0.261 e. The van der Waals surface area contributed by atoms with Crippen molar-refractivity contribution >= 4 is 28.9 Å². The number of amides is 1. The Labute approximate surface area is 159 Å². The molecule has 5 nitrogen and oxygen atoms in total. The Balaban J connectivity index is 2.00. The number of nitriles is 1. The Morgan fingerprint density at radius 1 is 1.23 bits per heavy atom. The maximum atomic E-state index is 12.5. The fraction of sp³-hybridized carbons (Fsp3) is 0.250. The van der Waals surface area contributed by atoms with Gasteiger partial charge >= 0.3 is 0 Å². The normalized spacial score (nSPS) is 10.1. The lowest BCUT2D eigenvalue weighted by molar-refractivity contribution is 0.0973. The van der Waals surface area contributed by atoms with E-state index in [-0.39, 0.29) is 11.0 Å². The van der Waals surface area contributed by atoms with Gasteiger partial charge < -0.3 is 10.1 Å². The van der Waals surface area contributed by atoms with Crippen molar-refractivity contribution in [2.45, 2.75) is 20.3 Å². The number of thiocarbonyl (C=S) groups is 1. The van der Waals surface area contributed by atoms with Gasteiger partial charge in [0.15, 0.2) is 5.11 Å². The molecule has 0 unspecified atom stereocenters. The molecular formula is C20H21N3O2S. The summed E-state index contributed by atoms with van der Waals surface area (Å²) in [5.74, 6) is 0.705. The monoisotopic (exact) mass is 367 g/mol. The third-order valence-corrected chi connectivity index (χ3v) is 3.77. The molecule has 0 heterocycles. The minimum Gasteiger partial charge on any atom is -0.493 e. The molecule has 0 atom stereocenters. The first kappa shape index (κ1) is 19.4. The summed E-state index contributed by atoms with van der Waals surface area (Å²) in [6, 6.07) is 16.0. The van der Waals surface area contributed by atoms with E-state index in [1.165, 1.54) is 0 Å². The SMILES string of the molecule is CC(C)CCOc1ccccc1C(=O)NC(=S)Nc1cccc(C#N)c1. The molecule has 2 aromatic rings. The Hall–Kier alpha value is -2.91. The highest BCUT2D eigenvalue weighted by atomic mass is 32.1. The number of hydrogen-bond acceptors (Lipinski definition) is 4. The molecule has 0 aliphatic carbocycles. The van der Waals surface area contributed by atoms with Crippen molar-refractivity contribution in [1.29, 1.82) is 5.26 Å². The molecule has 2 rings (SSSR count). The van der Waals surface area contributed by atoms with Crippen LogP contribution < -0.4 is 15.4 Å². The smallest absolute Gasteiger partial charge is 0.261 e. The quantitative estimate of drug-likeness (QED) is 0.752. The third kappa shape index (κ3) is 5.87. The van der Waals surface area contributed by atoms with Crippen molar-refractivity contribution in [3.8, 4) is 11.8 Å². The summed E-state index contributed by atoms with van der Waals surface area (Å²) in [5, 5.41) is 14.6. The minimum absolute atomic E-state index is 0.155. The van der Waals surface area contributed by atoms with Gasteiger partial charge in [-0.05, 0) is 54.9 Å². The van der Waals surface area contributed by atoms with Crippen LogP contribution in [0.4, 0.5) is 5.69 Å². The molecule has 0 spiro atoms. The van der Waals surface area contributed by atoms with Crippen molar-refractivity contribution in [1.82, 2.24) is 5.32 Å². The van der Waals surface area contributed by atoms with Crippen molar-refractivity contribution in [2.75, 3.05) is 11.9 Å². The molecule has 0 aliphatic rings. The van der Waals surface area contributed by atoms with Gasteiger partial charge in [0.1, 0.15) is 5.75 Å². The van der Waals surface area contributed by atoms with Gasteiger partial charge in [0.2, 0.25) is 0 Å². The largest absolute Gasteiger partial charge is 0.493 e. The summed E-state index contributed by atoms with van der Waals surface area (Å²) in [5.41, 5.74) is 1.56. The number of nitrogens with zero attached hydrogens (tertiary/aromatic N) is 1. The Morgan fingerprint density at radius 3 is 2.73 bits per heavy atom. The summed E-state index contributed by atoms with van der Waals surface area (Å²) in [6.45, 7) is 4.78. The van der Waals surface area contributed by atoms with Crippen molar-refractivity contribution in [3.05, 3.63) is 59.7 Å². The average Bonchev–Trinajstić information content (AvgIpc) is 2.61. The van der Waals surface area contributed by atoms with E-state index in [0.717, 1.165) is 6.42 Å². The average molecular weight is 367 g/mol. The van der Waals surface area contributed by atoms with Gasteiger partial charge in [-0.2, -0.15) is 5.26 Å². The Kier molecular flexibility index (Phi) is 7.12. The van der Waals surface area contributed by atoms with E-state index < -0.39 is 0 Å². The van der Waals surface area contributed by atoms with Gasteiger partial charge in [0, 0.05) is 5.69 Å². The molecule has 26 heavy (non-hydrogen) atoms. The highest BCUT2D eigenvalue weighted by Gasteiger charge is 2.14. The molecule has 0 saturated carbocycles. The fourth-order valence-corrected chi connectivity index (χ4v) is 2.39. The number of para-hydroxylation sites is 1. The Morgan fingerprint density at radius 2 is 2.00 bits per heavy atom. The van der Waals surface area contributed by atoms with E-state index in [4.69, 9.17) is 22.2 Å². The zero-order valence-electron chi connectivity index (χ0n) is 14.8. The molecule has 1 amide bonds. The van der Waals surface area contributed by atoms with Crippen LogP contribution in [0, 0.1) is 17.2 Å². The van der Waals surface area contributed by atoms with E-state index in [1.807, 2.05) is 6.07 Å². The number of rotatable bonds is 6. The predicted molar refractivity (Wildman–Crippen MR) is 106 cm³/mol. The molecule has 0 saturated heterocycles. The van der Waals surface area contributed by atoms with Gasteiger partial charge in [-0.1, -0.05) is 32.0 Å². The summed E-state index contributed by atoms with van der Waals surface area (Å²) < 4.78 is 5.74. The molecule has 134 valence electrons. The second-order valence-corrected chi connectivity index (χ2v) is 6.54.